The fourth-order valence-corrected chi connectivity index (χ4v) is 3.24. The number of benzene rings is 2. The van der Waals surface area contributed by atoms with Gasteiger partial charge in [-0.2, -0.15) is 0 Å². The van der Waals surface area contributed by atoms with Gasteiger partial charge < -0.3 is 4.74 Å². The summed E-state index contributed by atoms with van der Waals surface area (Å²) in [7, 11) is 0. The van der Waals surface area contributed by atoms with Crippen LogP contribution in [0, 0.1) is 0 Å². The molecule has 4 rings (SSSR count). The van der Waals surface area contributed by atoms with E-state index in [0.29, 0.717) is 10.9 Å². The van der Waals surface area contributed by atoms with E-state index in [-0.39, 0.29) is 12.1 Å². The number of allylic oxidation sites excluding steroid dienone is 2. The fourth-order valence-electron chi connectivity index (χ4n) is 2.80. The van der Waals surface area contributed by atoms with E-state index in [1.807, 2.05) is 48.6 Å². The van der Waals surface area contributed by atoms with E-state index in [9.17, 15) is 0 Å². The zero-order chi connectivity index (χ0) is 15.8. The number of aliphatic imine (C=N–C) groups is 1. The van der Waals surface area contributed by atoms with Crippen LogP contribution in [0.5, 0.6) is 0 Å². The van der Waals surface area contributed by atoms with Crippen molar-refractivity contribution in [2.75, 3.05) is 0 Å². The Labute approximate surface area is 148 Å². The summed E-state index contributed by atoms with van der Waals surface area (Å²) >= 11 is 9.69. The van der Waals surface area contributed by atoms with Crippen molar-refractivity contribution < 1.29 is 4.74 Å². The maximum absolute atomic E-state index is 6.21. The lowest BCUT2D eigenvalue weighted by Crippen LogP contribution is -2.19. The minimum absolute atomic E-state index is 0.0215. The van der Waals surface area contributed by atoms with Crippen molar-refractivity contribution in [1.82, 2.24) is 0 Å². The maximum atomic E-state index is 6.21. The molecule has 2 nitrogen and oxygen atoms in total. The Hall–Kier alpha value is -1.84. The van der Waals surface area contributed by atoms with Crippen LogP contribution < -0.4 is 0 Å². The van der Waals surface area contributed by atoms with Crippen LogP contribution >= 0.6 is 27.5 Å². The summed E-state index contributed by atoms with van der Waals surface area (Å²) in [5.74, 6) is 0.650. The first-order valence-corrected chi connectivity index (χ1v) is 8.53. The molecular formula is C19H13BrClNO. The number of hydrogen-bond acceptors (Lipinski definition) is 2. The predicted molar refractivity (Wildman–Crippen MR) is 98.1 cm³/mol. The van der Waals surface area contributed by atoms with Crippen LogP contribution in [0.25, 0.3) is 11.1 Å². The Morgan fingerprint density at radius 2 is 1.74 bits per heavy atom. The molecule has 0 saturated carbocycles. The summed E-state index contributed by atoms with van der Waals surface area (Å²) in [6, 6.07) is 14.1. The Morgan fingerprint density at radius 3 is 2.52 bits per heavy atom. The second-order valence-corrected chi connectivity index (χ2v) is 6.83. The molecule has 23 heavy (non-hydrogen) atoms. The number of fused-ring (bicyclic) bond motifs is 1. The number of ether oxygens (including phenoxy) is 1. The maximum Gasteiger partial charge on any atom is 0.218 e. The van der Waals surface area contributed by atoms with Gasteiger partial charge in [-0.1, -0.05) is 64.0 Å². The molecule has 0 fully saturated rings. The van der Waals surface area contributed by atoms with E-state index < -0.39 is 0 Å². The molecule has 2 aromatic carbocycles. The zero-order valence-electron chi connectivity index (χ0n) is 12.1. The first kappa shape index (κ1) is 14.7. The van der Waals surface area contributed by atoms with E-state index >= 15 is 0 Å². The summed E-state index contributed by atoms with van der Waals surface area (Å²) in [6.45, 7) is 0. The molecule has 1 heterocycles. The first-order chi connectivity index (χ1) is 11.2. The lowest BCUT2D eigenvalue weighted by atomic mass is 9.99. The molecule has 0 radical (unpaired) electrons. The van der Waals surface area contributed by atoms with Crippen LogP contribution in [0.4, 0.5) is 0 Å². The molecule has 0 bridgehead atoms. The third-order valence-electron chi connectivity index (χ3n) is 3.94. The van der Waals surface area contributed by atoms with Crippen molar-refractivity contribution in [3.05, 3.63) is 81.8 Å². The van der Waals surface area contributed by atoms with Crippen LogP contribution in [-0.2, 0) is 4.74 Å². The highest BCUT2D eigenvalue weighted by Crippen LogP contribution is 2.32. The van der Waals surface area contributed by atoms with Crippen LogP contribution in [-0.4, -0.2) is 18.0 Å². The minimum Gasteiger partial charge on any atom is -0.467 e. The molecule has 0 aromatic heterocycles. The highest BCUT2D eigenvalue weighted by molar-refractivity contribution is 9.10. The van der Waals surface area contributed by atoms with Gasteiger partial charge in [0.05, 0.1) is 0 Å². The number of hydrogen-bond donors (Lipinski definition) is 0. The third kappa shape index (κ3) is 2.87. The molecule has 0 saturated heterocycles. The van der Waals surface area contributed by atoms with Gasteiger partial charge in [0.2, 0.25) is 5.90 Å². The van der Waals surface area contributed by atoms with E-state index in [0.717, 1.165) is 21.2 Å². The molecular weight excluding hydrogens is 374 g/mol. The summed E-state index contributed by atoms with van der Waals surface area (Å²) in [5, 5.41) is 0.674. The molecule has 114 valence electrons. The zero-order valence-corrected chi connectivity index (χ0v) is 14.5. The topological polar surface area (TPSA) is 21.6 Å². The van der Waals surface area contributed by atoms with Gasteiger partial charge in [-0.3, -0.25) is 0 Å². The van der Waals surface area contributed by atoms with Crippen molar-refractivity contribution in [3.63, 3.8) is 0 Å². The summed E-state index contributed by atoms with van der Waals surface area (Å²) < 4.78 is 7.08. The average molecular weight is 387 g/mol. The normalized spacial score (nSPS) is 21.7. The molecule has 0 amide bonds. The lowest BCUT2D eigenvalue weighted by molar-refractivity contribution is 0.255. The Morgan fingerprint density at radius 1 is 0.957 bits per heavy atom. The van der Waals surface area contributed by atoms with Crippen molar-refractivity contribution in [3.8, 4) is 11.1 Å². The first-order valence-electron chi connectivity index (χ1n) is 7.36. The minimum atomic E-state index is -0.0215. The van der Waals surface area contributed by atoms with Gasteiger partial charge in [-0.25, -0.2) is 4.99 Å². The molecule has 2 atom stereocenters. The van der Waals surface area contributed by atoms with Crippen molar-refractivity contribution >= 4 is 33.4 Å². The van der Waals surface area contributed by atoms with Crippen LogP contribution in [0.2, 0.25) is 5.02 Å². The van der Waals surface area contributed by atoms with Gasteiger partial charge in [0.25, 0.3) is 0 Å². The second kappa shape index (κ2) is 5.99. The molecule has 1 aliphatic carbocycles. The smallest absolute Gasteiger partial charge is 0.218 e. The van der Waals surface area contributed by atoms with Crippen LogP contribution in [0.3, 0.4) is 0 Å². The van der Waals surface area contributed by atoms with Crippen molar-refractivity contribution in [2.24, 2.45) is 4.99 Å². The van der Waals surface area contributed by atoms with E-state index in [1.54, 1.807) is 0 Å². The van der Waals surface area contributed by atoms with Crippen molar-refractivity contribution in [2.45, 2.75) is 12.1 Å². The molecule has 4 heteroatoms. The highest BCUT2D eigenvalue weighted by Gasteiger charge is 2.30. The number of rotatable bonds is 2. The fraction of sp³-hybridized carbons (Fsp3) is 0.105. The SMILES string of the molecule is Clc1ccc(-c2ccc(Br)cc2)c(C2=NC3C=CC=CC3O2)c1. The summed E-state index contributed by atoms with van der Waals surface area (Å²) in [5.41, 5.74) is 3.09. The van der Waals surface area contributed by atoms with Crippen LogP contribution in [0.15, 0.2) is 76.2 Å². The molecule has 0 spiro atoms. The second-order valence-electron chi connectivity index (χ2n) is 5.47. The predicted octanol–water partition coefficient (Wildman–Crippen LogP) is 5.41. The monoisotopic (exact) mass is 385 g/mol. The molecule has 1 aliphatic heterocycles. The van der Waals surface area contributed by atoms with E-state index in [1.165, 1.54) is 0 Å². The van der Waals surface area contributed by atoms with E-state index in [4.69, 9.17) is 21.3 Å². The number of nitrogens with zero attached hydrogens (tertiary/aromatic N) is 1. The van der Waals surface area contributed by atoms with Gasteiger partial charge in [-0.15, -0.1) is 0 Å². The average Bonchev–Trinajstić information content (AvgIpc) is 3.00. The van der Waals surface area contributed by atoms with Gasteiger partial charge >= 0.3 is 0 Å². The summed E-state index contributed by atoms with van der Waals surface area (Å²) in [4.78, 5) is 4.71. The van der Waals surface area contributed by atoms with Crippen molar-refractivity contribution in [1.29, 1.82) is 0 Å². The van der Waals surface area contributed by atoms with Gasteiger partial charge in [-0.05, 0) is 41.5 Å². The Bertz CT molecular complexity index is 839. The third-order valence-corrected chi connectivity index (χ3v) is 4.70. The molecule has 2 aliphatic rings. The quantitative estimate of drug-likeness (QED) is 0.676. The van der Waals surface area contributed by atoms with Crippen LogP contribution in [0.1, 0.15) is 5.56 Å². The molecule has 2 unspecified atom stereocenters. The van der Waals surface area contributed by atoms with E-state index in [2.05, 4.69) is 34.1 Å². The largest absolute Gasteiger partial charge is 0.467 e. The Balaban J connectivity index is 1.79. The summed E-state index contributed by atoms with van der Waals surface area (Å²) in [6.07, 6.45) is 8.07. The lowest BCUT2D eigenvalue weighted by Gasteiger charge is -2.14. The molecule has 2 aromatic rings. The standard InChI is InChI=1S/C19H13BrClNO/c20-13-7-5-12(6-8-13)15-10-9-14(21)11-16(15)19-22-17-3-1-2-4-18(17)23-19/h1-11,17-18H. The van der Waals surface area contributed by atoms with Gasteiger partial charge in [0.1, 0.15) is 12.1 Å². The van der Waals surface area contributed by atoms with Gasteiger partial charge in [0.15, 0.2) is 0 Å². The number of halogens is 2. The van der Waals surface area contributed by atoms with Gasteiger partial charge in [0, 0.05) is 15.1 Å². The Kier molecular flexibility index (Phi) is 3.83. The molecule has 0 N–H and O–H groups in total. The highest BCUT2D eigenvalue weighted by atomic mass is 79.9.